The number of nitrogens with one attached hydrogen (secondary N) is 1. The molecular formula is C17H16ClNO3. The largest absolute Gasteiger partial charge is 0.504 e. The van der Waals surface area contributed by atoms with E-state index in [4.69, 9.17) is 11.6 Å². The Kier molecular flexibility index (Phi) is 5.44. The van der Waals surface area contributed by atoms with Crippen LogP contribution in [0.25, 0.3) is 6.08 Å². The van der Waals surface area contributed by atoms with E-state index in [1.807, 2.05) is 24.3 Å². The van der Waals surface area contributed by atoms with E-state index in [1.54, 1.807) is 12.1 Å². The second-order valence-electron chi connectivity index (χ2n) is 4.75. The lowest BCUT2D eigenvalue weighted by molar-refractivity contribution is -0.116. The van der Waals surface area contributed by atoms with Crippen molar-refractivity contribution in [2.45, 2.75) is 6.42 Å². The molecule has 0 aliphatic rings. The molecule has 0 saturated carbocycles. The summed E-state index contributed by atoms with van der Waals surface area (Å²) < 4.78 is 0. The molecule has 0 aliphatic carbocycles. The molecule has 22 heavy (non-hydrogen) atoms. The van der Waals surface area contributed by atoms with E-state index in [-0.39, 0.29) is 17.4 Å². The molecule has 1 amide bonds. The molecule has 5 heteroatoms. The minimum Gasteiger partial charge on any atom is -0.504 e. The molecule has 0 atom stereocenters. The molecule has 2 rings (SSSR count). The number of amides is 1. The van der Waals surface area contributed by atoms with Gasteiger partial charge in [-0.1, -0.05) is 29.8 Å². The summed E-state index contributed by atoms with van der Waals surface area (Å²) in [6.45, 7) is 0.519. The van der Waals surface area contributed by atoms with Gasteiger partial charge >= 0.3 is 0 Å². The van der Waals surface area contributed by atoms with Gasteiger partial charge < -0.3 is 15.5 Å². The maximum absolute atomic E-state index is 11.7. The number of carbonyl (C=O) groups excluding carboxylic acids is 1. The molecule has 2 aromatic carbocycles. The van der Waals surface area contributed by atoms with Gasteiger partial charge in [-0.3, -0.25) is 4.79 Å². The number of aromatic hydroxyl groups is 2. The lowest BCUT2D eigenvalue weighted by Gasteiger charge is -2.03. The van der Waals surface area contributed by atoms with Gasteiger partial charge in [0.25, 0.3) is 0 Å². The summed E-state index contributed by atoms with van der Waals surface area (Å²) in [6, 6.07) is 11.8. The molecule has 0 heterocycles. The van der Waals surface area contributed by atoms with Crippen LogP contribution in [0.3, 0.4) is 0 Å². The Morgan fingerprint density at radius 3 is 2.50 bits per heavy atom. The maximum atomic E-state index is 11.7. The Labute approximate surface area is 133 Å². The van der Waals surface area contributed by atoms with Crippen molar-refractivity contribution in [3.8, 4) is 11.5 Å². The number of carbonyl (C=O) groups is 1. The van der Waals surface area contributed by atoms with Crippen molar-refractivity contribution in [2.24, 2.45) is 0 Å². The van der Waals surface area contributed by atoms with Crippen LogP contribution in [-0.2, 0) is 11.2 Å². The van der Waals surface area contributed by atoms with Crippen LogP contribution in [0.4, 0.5) is 0 Å². The third-order valence-electron chi connectivity index (χ3n) is 3.05. The molecule has 0 saturated heterocycles. The van der Waals surface area contributed by atoms with Crippen LogP contribution in [0.2, 0.25) is 5.02 Å². The highest BCUT2D eigenvalue weighted by molar-refractivity contribution is 6.30. The smallest absolute Gasteiger partial charge is 0.244 e. The first-order valence-corrected chi connectivity index (χ1v) is 7.15. The fourth-order valence-electron chi connectivity index (χ4n) is 1.86. The predicted octanol–water partition coefficient (Wildman–Crippen LogP) is 3.12. The highest BCUT2D eigenvalue weighted by Crippen LogP contribution is 2.25. The Balaban J connectivity index is 1.81. The van der Waals surface area contributed by atoms with E-state index < -0.39 is 0 Å². The predicted molar refractivity (Wildman–Crippen MR) is 87.0 cm³/mol. The van der Waals surface area contributed by atoms with Crippen LogP contribution in [0, 0.1) is 0 Å². The number of phenols is 2. The molecule has 0 radical (unpaired) electrons. The van der Waals surface area contributed by atoms with E-state index in [2.05, 4.69) is 5.32 Å². The SMILES string of the molecule is O=C(/C=C/c1ccc(O)c(O)c1)NCCc1ccc(Cl)cc1. The lowest BCUT2D eigenvalue weighted by Crippen LogP contribution is -2.23. The summed E-state index contributed by atoms with van der Waals surface area (Å²) in [5.41, 5.74) is 1.72. The summed E-state index contributed by atoms with van der Waals surface area (Å²) >= 11 is 5.80. The molecule has 3 N–H and O–H groups in total. The standard InChI is InChI=1S/C17H16ClNO3/c18-14-5-1-12(2-6-14)9-10-19-17(22)8-4-13-3-7-15(20)16(21)11-13/h1-8,11,20-21H,9-10H2,(H,19,22)/b8-4+. The van der Waals surface area contributed by atoms with Crippen molar-refractivity contribution in [2.75, 3.05) is 6.54 Å². The summed E-state index contributed by atoms with van der Waals surface area (Å²) in [7, 11) is 0. The molecule has 114 valence electrons. The van der Waals surface area contributed by atoms with E-state index in [0.29, 0.717) is 17.1 Å². The first-order chi connectivity index (χ1) is 10.5. The fourth-order valence-corrected chi connectivity index (χ4v) is 1.98. The topological polar surface area (TPSA) is 69.6 Å². The number of rotatable bonds is 5. The first kappa shape index (κ1) is 15.9. The Hall–Kier alpha value is -2.46. The molecule has 0 bridgehead atoms. The second kappa shape index (κ2) is 7.52. The zero-order valence-corrected chi connectivity index (χ0v) is 12.5. The van der Waals surface area contributed by atoms with Gasteiger partial charge in [-0.2, -0.15) is 0 Å². The monoisotopic (exact) mass is 317 g/mol. The Morgan fingerprint density at radius 2 is 1.82 bits per heavy atom. The van der Waals surface area contributed by atoms with E-state index in [9.17, 15) is 15.0 Å². The quantitative estimate of drug-likeness (QED) is 0.586. The molecular weight excluding hydrogens is 302 g/mol. The molecule has 0 aromatic heterocycles. The number of hydrogen-bond acceptors (Lipinski definition) is 3. The molecule has 0 fully saturated rings. The summed E-state index contributed by atoms with van der Waals surface area (Å²) in [4.78, 5) is 11.7. The normalized spacial score (nSPS) is 10.8. The molecule has 4 nitrogen and oxygen atoms in total. The highest BCUT2D eigenvalue weighted by atomic mass is 35.5. The zero-order chi connectivity index (χ0) is 15.9. The number of benzene rings is 2. The fraction of sp³-hybridized carbons (Fsp3) is 0.118. The summed E-state index contributed by atoms with van der Waals surface area (Å²) in [6.07, 6.45) is 3.67. The average Bonchev–Trinajstić information content (AvgIpc) is 2.50. The minimum atomic E-state index is -0.221. The second-order valence-corrected chi connectivity index (χ2v) is 5.19. The molecule has 0 aliphatic heterocycles. The van der Waals surface area contributed by atoms with Crippen LogP contribution in [0.15, 0.2) is 48.5 Å². The van der Waals surface area contributed by atoms with Crippen LogP contribution < -0.4 is 5.32 Å². The van der Waals surface area contributed by atoms with E-state index in [0.717, 1.165) is 12.0 Å². The third kappa shape index (κ3) is 4.82. The van der Waals surface area contributed by atoms with Crippen molar-refractivity contribution in [1.29, 1.82) is 0 Å². The van der Waals surface area contributed by atoms with Crippen LogP contribution in [0.1, 0.15) is 11.1 Å². The van der Waals surface area contributed by atoms with E-state index in [1.165, 1.54) is 18.2 Å². The zero-order valence-electron chi connectivity index (χ0n) is 11.8. The van der Waals surface area contributed by atoms with Crippen molar-refractivity contribution in [3.05, 3.63) is 64.7 Å². The van der Waals surface area contributed by atoms with Gasteiger partial charge in [-0.05, 0) is 47.9 Å². The number of hydrogen-bond donors (Lipinski definition) is 3. The first-order valence-electron chi connectivity index (χ1n) is 6.77. The van der Waals surface area contributed by atoms with Crippen molar-refractivity contribution >= 4 is 23.6 Å². The van der Waals surface area contributed by atoms with E-state index >= 15 is 0 Å². The van der Waals surface area contributed by atoms with Gasteiger partial charge in [0.05, 0.1) is 0 Å². The van der Waals surface area contributed by atoms with Gasteiger partial charge in [-0.15, -0.1) is 0 Å². The van der Waals surface area contributed by atoms with Gasteiger partial charge in [-0.25, -0.2) is 0 Å². The molecule has 0 spiro atoms. The highest BCUT2D eigenvalue weighted by Gasteiger charge is 2.00. The minimum absolute atomic E-state index is 0.190. The Morgan fingerprint density at radius 1 is 1.09 bits per heavy atom. The van der Waals surface area contributed by atoms with Gasteiger partial charge in [0.15, 0.2) is 11.5 Å². The molecule has 2 aromatic rings. The van der Waals surface area contributed by atoms with Crippen LogP contribution in [0.5, 0.6) is 11.5 Å². The number of phenolic OH excluding ortho intramolecular Hbond substituents is 2. The molecule has 0 unspecified atom stereocenters. The summed E-state index contributed by atoms with van der Waals surface area (Å²) in [5, 5.41) is 22.0. The third-order valence-corrected chi connectivity index (χ3v) is 3.30. The van der Waals surface area contributed by atoms with Crippen LogP contribution >= 0.6 is 11.6 Å². The summed E-state index contributed by atoms with van der Waals surface area (Å²) in [5.74, 6) is -0.628. The van der Waals surface area contributed by atoms with Gasteiger partial charge in [0, 0.05) is 17.6 Å². The van der Waals surface area contributed by atoms with Crippen molar-refractivity contribution < 1.29 is 15.0 Å². The lowest BCUT2D eigenvalue weighted by atomic mass is 10.1. The maximum Gasteiger partial charge on any atom is 0.244 e. The van der Waals surface area contributed by atoms with Crippen molar-refractivity contribution in [1.82, 2.24) is 5.32 Å². The average molecular weight is 318 g/mol. The van der Waals surface area contributed by atoms with Gasteiger partial charge in [0.2, 0.25) is 5.91 Å². The van der Waals surface area contributed by atoms with Crippen LogP contribution in [-0.4, -0.2) is 22.7 Å². The van der Waals surface area contributed by atoms with Gasteiger partial charge in [0.1, 0.15) is 0 Å². The Bertz CT molecular complexity index is 681. The van der Waals surface area contributed by atoms with Crippen molar-refractivity contribution in [3.63, 3.8) is 0 Å². The number of halogens is 1.